The predicted molar refractivity (Wildman–Crippen MR) is 296 cm³/mol. The topological polar surface area (TPSA) is 165 Å². The highest BCUT2D eigenvalue weighted by molar-refractivity contribution is 8.00. The molecule has 390 valence electrons. The lowest BCUT2D eigenvalue weighted by atomic mass is 9.83. The summed E-state index contributed by atoms with van der Waals surface area (Å²) < 4.78 is 12.7. The maximum absolute atomic E-state index is 14.5. The Hall–Kier alpha value is -4.14. The van der Waals surface area contributed by atoms with Gasteiger partial charge in [0.05, 0.1) is 71.3 Å². The van der Waals surface area contributed by atoms with Gasteiger partial charge in [0.2, 0.25) is 23.6 Å². The number of fused-ring (bicyclic) bond motifs is 2. The van der Waals surface area contributed by atoms with E-state index in [4.69, 9.17) is 33.9 Å². The summed E-state index contributed by atoms with van der Waals surface area (Å²) in [6.45, 7) is 13.3. The Balaban J connectivity index is 0.960. The zero-order valence-corrected chi connectivity index (χ0v) is 46.2. The molecule has 3 aromatic rings. The molecular weight excluding hydrogens is 985 g/mol. The number of likely N-dealkylation sites (N-methyl/N-ethyl adjacent to an activating group) is 2. The molecule has 4 amide bonds. The maximum atomic E-state index is 14.5. The zero-order chi connectivity index (χ0) is 51.7. The number of nitrogens with one attached hydrogen (secondary N) is 6. The number of ether oxygens (including phenoxy) is 2. The normalized spacial score (nSPS) is 25.2. The van der Waals surface area contributed by atoms with E-state index in [0.29, 0.717) is 48.9 Å². The minimum Gasteiger partial charge on any atom is -0.374 e. The highest BCUT2D eigenvalue weighted by Gasteiger charge is 2.56. The van der Waals surface area contributed by atoms with Gasteiger partial charge in [-0.3, -0.25) is 19.2 Å². The third-order valence-corrected chi connectivity index (χ3v) is 18.0. The molecule has 4 fully saturated rings. The lowest BCUT2D eigenvalue weighted by Gasteiger charge is -2.35. The number of nitrogens with zero attached hydrogens (tertiary/aromatic N) is 2. The zero-order valence-electron chi connectivity index (χ0n) is 42.9. The molecule has 0 spiro atoms. The summed E-state index contributed by atoms with van der Waals surface area (Å²) in [5.41, 5.74) is 2.80. The van der Waals surface area contributed by atoms with Gasteiger partial charge >= 0.3 is 0 Å². The Morgan fingerprint density at radius 1 is 0.625 bits per heavy atom. The average molecular weight is 1060 g/mol. The number of carbonyl (C=O) groups is 4. The van der Waals surface area contributed by atoms with Crippen LogP contribution in [-0.2, 0) is 41.9 Å². The molecule has 72 heavy (non-hydrogen) atoms. The second kappa shape index (κ2) is 24.9. The first-order chi connectivity index (χ1) is 34.4. The summed E-state index contributed by atoms with van der Waals surface area (Å²) in [6, 6.07) is 24.1. The second-order valence-corrected chi connectivity index (χ2v) is 24.3. The van der Waals surface area contributed by atoms with Gasteiger partial charge in [0.25, 0.3) is 0 Å². The molecule has 0 bridgehead atoms. The number of rotatable bonds is 20. The largest absolute Gasteiger partial charge is 0.374 e. The lowest BCUT2D eigenvalue weighted by molar-refractivity contribution is -0.142. The standard InChI is InChI=1S/C54H74N8O6S4/c1-33(55-7)49(69)59-39-23-25-71-43-27-53(3,4)45(61(43)51(39)65)47(63)57-41(37-15-11-9-12-16-37)31-67-29-35-19-21-36(22-20-35)30-68-32-42(38-17-13-10-14-18-38)58-48(64)46-54(5,6)28-44-62(46)52(66)40(24-26-72-44)60-50(70)34(2)56-8/h9-22,33-34,39-46,55-56H,23-32H2,1-8H3,(H,57,63)(H,58,64)(H,59,69)(H,60,70)/t33-,34+,39+,40-,41-,42+,43?,44?,45-,46+. The van der Waals surface area contributed by atoms with Crippen molar-refractivity contribution in [1.82, 2.24) is 41.7 Å². The fraction of sp³-hybridized carbons (Fsp3) is 0.556. The van der Waals surface area contributed by atoms with Crippen molar-refractivity contribution in [2.45, 2.75) is 140 Å². The van der Waals surface area contributed by atoms with Crippen molar-refractivity contribution >= 4 is 81.6 Å². The van der Waals surface area contributed by atoms with Crippen LogP contribution in [0.1, 0.15) is 102 Å². The molecule has 3 aromatic carbocycles. The van der Waals surface area contributed by atoms with E-state index in [9.17, 15) is 19.2 Å². The molecule has 0 aromatic heterocycles. The summed E-state index contributed by atoms with van der Waals surface area (Å²) in [6.07, 6.45) is 2.66. The molecule has 2 unspecified atom stereocenters. The third kappa shape index (κ3) is 13.4. The van der Waals surface area contributed by atoms with Gasteiger partial charge in [-0.25, -0.2) is 0 Å². The summed E-state index contributed by atoms with van der Waals surface area (Å²) in [4.78, 5) is 62.4. The number of amides is 4. The van der Waals surface area contributed by atoms with E-state index in [1.54, 1.807) is 23.5 Å². The Morgan fingerprint density at radius 2 is 0.986 bits per heavy atom. The number of thioether (sulfide) groups is 2. The van der Waals surface area contributed by atoms with Crippen LogP contribution < -0.4 is 31.9 Å². The van der Waals surface area contributed by atoms with Crippen molar-refractivity contribution in [3.05, 3.63) is 107 Å². The van der Waals surface area contributed by atoms with Crippen LogP contribution in [0.15, 0.2) is 84.9 Å². The highest BCUT2D eigenvalue weighted by atomic mass is 32.2. The van der Waals surface area contributed by atoms with Crippen LogP contribution in [-0.4, -0.2) is 129 Å². The van der Waals surface area contributed by atoms with Crippen LogP contribution in [0.2, 0.25) is 0 Å². The van der Waals surface area contributed by atoms with Gasteiger partial charge in [-0.15, -0.1) is 23.5 Å². The molecular formula is C54H74N8O6S4. The Kier molecular flexibility index (Phi) is 19.3. The van der Waals surface area contributed by atoms with Crippen LogP contribution in [0.4, 0.5) is 0 Å². The van der Waals surface area contributed by atoms with Gasteiger partial charge in [-0.1, -0.05) is 137 Å². The minimum absolute atomic E-state index is 0.0901. The molecule has 4 aliphatic rings. The molecule has 7 rings (SSSR count). The van der Waals surface area contributed by atoms with Crippen LogP contribution in [0, 0.1) is 10.8 Å². The number of thiocarbonyl (C=S) groups is 2. The maximum Gasteiger partial charge on any atom is 0.246 e. The third-order valence-electron chi connectivity index (χ3n) is 14.5. The van der Waals surface area contributed by atoms with Crippen molar-refractivity contribution in [3.8, 4) is 0 Å². The fourth-order valence-electron chi connectivity index (χ4n) is 10.2. The number of hydrogen-bond donors (Lipinski definition) is 6. The van der Waals surface area contributed by atoms with E-state index in [2.05, 4.69) is 59.6 Å². The molecule has 18 heteroatoms. The molecule has 0 saturated carbocycles. The van der Waals surface area contributed by atoms with Crippen LogP contribution >= 0.6 is 48.0 Å². The summed E-state index contributed by atoms with van der Waals surface area (Å²) >= 11 is 14.7. The van der Waals surface area contributed by atoms with E-state index in [-0.39, 0.29) is 59.7 Å². The molecule has 0 radical (unpaired) electrons. The van der Waals surface area contributed by atoms with Crippen molar-refractivity contribution in [3.63, 3.8) is 0 Å². The average Bonchev–Trinajstić information content (AvgIpc) is 3.69. The van der Waals surface area contributed by atoms with E-state index >= 15 is 0 Å². The first-order valence-corrected chi connectivity index (χ1v) is 28.1. The molecule has 10 atom stereocenters. The Labute approximate surface area is 445 Å². The summed E-state index contributed by atoms with van der Waals surface area (Å²) in [5.74, 6) is 0.965. The molecule has 14 nitrogen and oxygen atoms in total. The fourth-order valence-corrected chi connectivity index (χ4v) is 13.9. The Morgan fingerprint density at radius 3 is 1.33 bits per heavy atom. The quantitative estimate of drug-likeness (QED) is 0.0689. The summed E-state index contributed by atoms with van der Waals surface area (Å²) in [7, 11) is 3.67. The molecule has 4 heterocycles. The number of carbonyl (C=O) groups excluding carboxylic acids is 4. The van der Waals surface area contributed by atoms with E-state index < -0.39 is 47.1 Å². The molecule has 6 N–H and O–H groups in total. The van der Waals surface area contributed by atoms with Gasteiger partial charge in [-0.2, -0.15) is 0 Å². The van der Waals surface area contributed by atoms with Crippen LogP contribution in [0.25, 0.3) is 0 Å². The highest BCUT2D eigenvalue weighted by Crippen LogP contribution is 2.48. The van der Waals surface area contributed by atoms with Crippen molar-refractivity contribution < 1.29 is 28.7 Å². The van der Waals surface area contributed by atoms with Gasteiger partial charge in [0.1, 0.15) is 24.2 Å². The van der Waals surface area contributed by atoms with Gasteiger partial charge in [-0.05, 0) is 98.2 Å². The number of benzene rings is 3. The predicted octanol–water partition coefficient (Wildman–Crippen LogP) is 6.40. The van der Waals surface area contributed by atoms with E-state index in [1.807, 2.05) is 123 Å². The first kappa shape index (κ1) is 55.6. The minimum atomic E-state index is -0.676. The van der Waals surface area contributed by atoms with Crippen LogP contribution in [0.3, 0.4) is 0 Å². The van der Waals surface area contributed by atoms with Gasteiger partial charge in [0, 0.05) is 0 Å². The van der Waals surface area contributed by atoms with E-state index in [1.165, 1.54) is 0 Å². The van der Waals surface area contributed by atoms with Crippen LogP contribution in [0.5, 0.6) is 0 Å². The van der Waals surface area contributed by atoms with Gasteiger partial charge < -0.3 is 51.2 Å². The molecule has 4 aliphatic heterocycles. The van der Waals surface area contributed by atoms with Crippen molar-refractivity contribution in [1.29, 1.82) is 0 Å². The lowest BCUT2D eigenvalue weighted by Crippen LogP contribution is -2.58. The first-order valence-electron chi connectivity index (χ1n) is 25.2. The summed E-state index contributed by atoms with van der Waals surface area (Å²) in [5, 5.41) is 19.3. The van der Waals surface area contributed by atoms with Gasteiger partial charge in [0.15, 0.2) is 0 Å². The second-order valence-electron chi connectivity index (χ2n) is 20.8. The molecule has 4 saturated heterocycles. The van der Waals surface area contributed by atoms with Crippen molar-refractivity contribution in [2.24, 2.45) is 10.8 Å². The SMILES string of the molecule is CN[C@@H](C)C(=S)N[C@@H]1CCSC2CC(C)(C)[C@H](C(=O)N[C@@H](COCc3ccc(COC[C@@H](NC(=O)[C@H]4N5C(=O)[C@@H](NC(=S)[C@@H](C)NC)CCSC5CC4(C)C)c4ccccc4)cc3)c3ccccc3)N2C1=O. The molecule has 0 aliphatic carbocycles. The van der Waals surface area contributed by atoms with E-state index in [0.717, 1.165) is 33.8 Å². The monoisotopic (exact) mass is 1060 g/mol. The number of hydrogen-bond acceptors (Lipinski definition) is 12. The van der Waals surface area contributed by atoms with Crippen molar-refractivity contribution in [2.75, 3.05) is 38.8 Å². The smallest absolute Gasteiger partial charge is 0.246 e. The Bertz CT molecular complexity index is 2200.